The molecule has 0 aliphatic heterocycles. The number of aliphatic hydroxyl groups is 1. The van der Waals surface area contributed by atoms with Gasteiger partial charge in [0.2, 0.25) is 0 Å². The lowest BCUT2D eigenvalue weighted by molar-refractivity contribution is 0.0917. The van der Waals surface area contributed by atoms with Crippen molar-refractivity contribution >= 4 is 5.78 Å². The molecule has 1 aromatic rings. The van der Waals surface area contributed by atoms with Gasteiger partial charge in [-0.1, -0.05) is 0 Å². The minimum absolute atomic E-state index is 0.107. The SMILES string of the molecule is Cn1ccc2c1CC(CO)CC2=O. The van der Waals surface area contributed by atoms with Crippen LogP contribution in [0, 0.1) is 5.92 Å². The van der Waals surface area contributed by atoms with Gasteiger partial charge in [-0.3, -0.25) is 4.79 Å². The zero-order valence-electron chi connectivity index (χ0n) is 7.66. The van der Waals surface area contributed by atoms with Crippen molar-refractivity contribution in [1.82, 2.24) is 4.57 Å². The Kier molecular flexibility index (Phi) is 1.96. The van der Waals surface area contributed by atoms with E-state index in [2.05, 4.69) is 0 Å². The summed E-state index contributed by atoms with van der Waals surface area (Å²) in [4.78, 5) is 11.5. The summed E-state index contributed by atoms with van der Waals surface area (Å²) in [5, 5.41) is 9.00. The van der Waals surface area contributed by atoms with E-state index in [1.54, 1.807) is 0 Å². The van der Waals surface area contributed by atoms with E-state index in [1.165, 1.54) is 0 Å². The third-order valence-electron chi connectivity index (χ3n) is 2.72. The fourth-order valence-electron chi connectivity index (χ4n) is 1.92. The second-order valence-electron chi connectivity index (χ2n) is 3.67. The summed E-state index contributed by atoms with van der Waals surface area (Å²) >= 11 is 0. The monoisotopic (exact) mass is 179 g/mol. The van der Waals surface area contributed by atoms with Gasteiger partial charge < -0.3 is 9.67 Å². The van der Waals surface area contributed by atoms with Gasteiger partial charge in [0, 0.05) is 37.5 Å². The van der Waals surface area contributed by atoms with Gasteiger partial charge in [-0.2, -0.15) is 0 Å². The number of aliphatic hydroxyl groups excluding tert-OH is 1. The first-order valence-corrected chi connectivity index (χ1v) is 4.50. The molecule has 0 amide bonds. The maximum absolute atomic E-state index is 11.5. The van der Waals surface area contributed by atoms with E-state index in [9.17, 15) is 4.79 Å². The molecule has 1 atom stereocenters. The molecule has 2 rings (SSSR count). The molecule has 0 saturated carbocycles. The van der Waals surface area contributed by atoms with Crippen LogP contribution in [0.1, 0.15) is 22.5 Å². The van der Waals surface area contributed by atoms with E-state index in [0.29, 0.717) is 6.42 Å². The normalized spacial score (nSPS) is 21.7. The van der Waals surface area contributed by atoms with Crippen LogP contribution in [0.4, 0.5) is 0 Å². The molecule has 1 heterocycles. The zero-order chi connectivity index (χ0) is 9.42. The number of rotatable bonds is 1. The molecule has 0 fully saturated rings. The second-order valence-corrected chi connectivity index (χ2v) is 3.67. The van der Waals surface area contributed by atoms with Crippen LogP contribution in [0.25, 0.3) is 0 Å². The highest BCUT2D eigenvalue weighted by Crippen LogP contribution is 2.25. The fraction of sp³-hybridized carbons (Fsp3) is 0.500. The maximum Gasteiger partial charge on any atom is 0.165 e. The molecule has 0 aromatic carbocycles. The Balaban J connectivity index is 2.39. The Morgan fingerprint density at radius 1 is 1.62 bits per heavy atom. The molecular weight excluding hydrogens is 166 g/mol. The number of carbonyl (C=O) groups is 1. The summed E-state index contributed by atoms with van der Waals surface area (Å²) in [7, 11) is 1.94. The molecule has 0 spiro atoms. The first-order chi connectivity index (χ1) is 6.22. The van der Waals surface area contributed by atoms with Crippen molar-refractivity contribution in [3.05, 3.63) is 23.5 Å². The molecule has 3 heteroatoms. The highest BCUT2D eigenvalue weighted by Gasteiger charge is 2.26. The average Bonchev–Trinajstić information content (AvgIpc) is 2.48. The Labute approximate surface area is 77.0 Å². The lowest BCUT2D eigenvalue weighted by Gasteiger charge is -2.20. The van der Waals surface area contributed by atoms with Gasteiger partial charge in [0.15, 0.2) is 5.78 Å². The van der Waals surface area contributed by atoms with Gasteiger partial charge in [-0.25, -0.2) is 0 Å². The van der Waals surface area contributed by atoms with Crippen LogP contribution in [-0.4, -0.2) is 22.1 Å². The van der Waals surface area contributed by atoms with Crippen LogP contribution in [-0.2, 0) is 13.5 Å². The summed E-state index contributed by atoms with van der Waals surface area (Å²) in [5.74, 6) is 0.287. The number of hydrogen-bond acceptors (Lipinski definition) is 2. The number of Topliss-reactive ketones (excluding diaryl/α,β-unsaturated/α-hetero) is 1. The van der Waals surface area contributed by atoms with Crippen molar-refractivity contribution in [1.29, 1.82) is 0 Å². The van der Waals surface area contributed by atoms with Crippen LogP contribution in [0.2, 0.25) is 0 Å². The highest BCUT2D eigenvalue weighted by atomic mass is 16.3. The molecule has 0 bridgehead atoms. The third-order valence-corrected chi connectivity index (χ3v) is 2.72. The lowest BCUT2D eigenvalue weighted by atomic mass is 9.87. The highest BCUT2D eigenvalue weighted by molar-refractivity contribution is 5.98. The predicted molar refractivity (Wildman–Crippen MR) is 48.6 cm³/mol. The first kappa shape index (κ1) is 8.51. The van der Waals surface area contributed by atoms with Crippen molar-refractivity contribution in [3.63, 3.8) is 0 Å². The quantitative estimate of drug-likeness (QED) is 0.691. The van der Waals surface area contributed by atoms with E-state index < -0.39 is 0 Å². The number of fused-ring (bicyclic) bond motifs is 1. The molecule has 70 valence electrons. The molecule has 1 aliphatic carbocycles. The predicted octanol–water partition coefficient (Wildman–Crippen LogP) is 0.762. The molecule has 1 unspecified atom stereocenters. The Bertz CT molecular complexity index is 341. The average molecular weight is 179 g/mol. The van der Waals surface area contributed by atoms with E-state index in [1.807, 2.05) is 23.9 Å². The Morgan fingerprint density at radius 2 is 2.38 bits per heavy atom. The minimum Gasteiger partial charge on any atom is -0.396 e. The number of carbonyl (C=O) groups excluding carboxylic acids is 1. The van der Waals surface area contributed by atoms with Crippen molar-refractivity contribution in [3.8, 4) is 0 Å². The Morgan fingerprint density at radius 3 is 3.08 bits per heavy atom. The van der Waals surface area contributed by atoms with Gasteiger partial charge in [0.1, 0.15) is 0 Å². The number of aromatic nitrogens is 1. The van der Waals surface area contributed by atoms with E-state index >= 15 is 0 Å². The van der Waals surface area contributed by atoms with Crippen LogP contribution in [0.3, 0.4) is 0 Å². The summed E-state index contributed by atoms with van der Waals surface area (Å²) in [6.07, 6.45) is 3.22. The molecule has 1 aliphatic rings. The van der Waals surface area contributed by atoms with Crippen molar-refractivity contribution in [2.75, 3.05) is 6.61 Å². The lowest BCUT2D eigenvalue weighted by Crippen LogP contribution is -2.23. The van der Waals surface area contributed by atoms with Crippen molar-refractivity contribution in [2.24, 2.45) is 13.0 Å². The van der Waals surface area contributed by atoms with Crippen LogP contribution in [0.15, 0.2) is 12.3 Å². The van der Waals surface area contributed by atoms with E-state index in [0.717, 1.165) is 17.7 Å². The van der Waals surface area contributed by atoms with Gasteiger partial charge in [0.25, 0.3) is 0 Å². The van der Waals surface area contributed by atoms with E-state index in [4.69, 9.17) is 5.11 Å². The summed E-state index contributed by atoms with van der Waals surface area (Å²) in [6, 6.07) is 1.87. The molecule has 0 radical (unpaired) electrons. The fourth-order valence-corrected chi connectivity index (χ4v) is 1.92. The van der Waals surface area contributed by atoms with Gasteiger partial charge in [0.05, 0.1) is 0 Å². The molecule has 1 N–H and O–H groups in total. The van der Waals surface area contributed by atoms with Crippen LogP contribution in [0.5, 0.6) is 0 Å². The van der Waals surface area contributed by atoms with Gasteiger partial charge in [-0.15, -0.1) is 0 Å². The molecule has 13 heavy (non-hydrogen) atoms. The van der Waals surface area contributed by atoms with Gasteiger partial charge >= 0.3 is 0 Å². The van der Waals surface area contributed by atoms with Crippen LogP contribution >= 0.6 is 0 Å². The zero-order valence-corrected chi connectivity index (χ0v) is 7.66. The number of ketones is 1. The van der Waals surface area contributed by atoms with Crippen molar-refractivity contribution in [2.45, 2.75) is 12.8 Å². The van der Waals surface area contributed by atoms with Crippen molar-refractivity contribution < 1.29 is 9.90 Å². The first-order valence-electron chi connectivity index (χ1n) is 4.50. The van der Waals surface area contributed by atoms with E-state index in [-0.39, 0.29) is 18.3 Å². The van der Waals surface area contributed by atoms with Crippen LogP contribution < -0.4 is 0 Å². The number of nitrogens with zero attached hydrogens (tertiary/aromatic N) is 1. The largest absolute Gasteiger partial charge is 0.396 e. The maximum atomic E-state index is 11.5. The molecule has 0 saturated heterocycles. The summed E-state index contributed by atoms with van der Waals surface area (Å²) < 4.78 is 1.97. The standard InChI is InChI=1S/C10H13NO2/c1-11-3-2-8-9(11)4-7(6-12)5-10(8)13/h2-3,7,12H,4-6H2,1H3. The third kappa shape index (κ3) is 1.29. The topological polar surface area (TPSA) is 42.2 Å². The summed E-state index contributed by atoms with van der Waals surface area (Å²) in [6.45, 7) is 0.107. The minimum atomic E-state index is 0.107. The second kappa shape index (κ2) is 3.00. The number of hydrogen-bond donors (Lipinski definition) is 1. The Hall–Kier alpha value is -1.09. The summed E-state index contributed by atoms with van der Waals surface area (Å²) in [5.41, 5.74) is 1.91. The number of aryl methyl sites for hydroxylation is 1. The smallest absolute Gasteiger partial charge is 0.165 e. The van der Waals surface area contributed by atoms with Gasteiger partial charge in [-0.05, 0) is 18.4 Å². The molecular formula is C10H13NO2. The molecule has 3 nitrogen and oxygen atoms in total. The molecule has 1 aromatic heterocycles.